The number of hydrogen-bond donors (Lipinski definition) is 1. The lowest BCUT2D eigenvalue weighted by atomic mass is 9.96. The third kappa shape index (κ3) is 4.16. The van der Waals surface area contributed by atoms with Crippen LogP contribution in [0.25, 0.3) is 0 Å². The van der Waals surface area contributed by atoms with Crippen LogP contribution in [0.15, 0.2) is 24.3 Å². The molecule has 0 bridgehead atoms. The van der Waals surface area contributed by atoms with Crippen molar-refractivity contribution in [2.45, 2.75) is 63.6 Å². The summed E-state index contributed by atoms with van der Waals surface area (Å²) >= 11 is 5.64. The van der Waals surface area contributed by atoms with Gasteiger partial charge in [-0.05, 0) is 55.6 Å². The van der Waals surface area contributed by atoms with E-state index in [0.29, 0.717) is 12.1 Å². The average Bonchev–Trinajstić information content (AvgIpc) is 3.32. The Kier molecular flexibility index (Phi) is 4.73. The quantitative estimate of drug-likeness (QED) is 0.847. The summed E-state index contributed by atoms with van der Waals surface area (Å²) in [5.41, 5.74) is 1.12. The molecule has 0 amide bonds. The molecule has 2 saturated carbocycles. The number of rotatable bonds is 4. The molecule has 0 atom stereocenters. The van der Waals surface area contributed by atoms with Gasteiger partial charge in [0.2, 0.25) is 0 Å². The predicted molar refractivity (Wildman–Crippen MR) is 87.6 cm³/mol. The van der Waals surface area contributed by atoms with E-state index >= 15 is 0 Å². The summed E-state index contributed by atoms with van der Waals surface area (Å²) in [6, 6.07) is 7.87. The van der Waals surface area contributed by atoms with Crippen LogP contribution in [0.1, 0.15) is 50.5 Å². The molecule has 114 valence electrons. The highest BCUT2D eigenvalue weighted by molar-refractivity contribution is 7.80. The van der Waals surface area contributed by atoms with Gasteiger partial charge in [0.1, 0.15) is 5.82 Å². The van der Waals surface area contributed by atoms with Crippen molar-refractivity contribution >= 4 is 17.3 Å². The lowest BCUT2D eigenvalue weighted by molar-refractivity contribution is 0.361. The van der Waals surface area contributed by atoms with Crippen LogP contribution in [-0.2, 0) is 6.54 Å². The second-order valence-corrected chi connectivity index (χ2v) is 6.66. The molecule has 1 aromatic rings. The number of thiocarbonyl (C=S) groups is 1. The minimum atomic E-state index is -0.181. The van der Waals surface area contributed by atoms with Crippen molar-refractivity contribution in [1.82, 2.24) is 10.2 Å². The summed E-state index contributed by atoms with van der Waals surface area (Å²) in [5, 5.41) is 4.44. The molecule has 0 spiro atoms. The first-order chi connectivity index (χ1) is 10.2. The Bertz CT molecular complexity index is 478. The van der Waals surface area contributed by atoms with Crippen molar-refractivity contribution in [3.8, 4) is 0 Å². The SMILES string of the molecule is Fc1ccc(CN(C(=S)NC2CCCCC2)C2CC2)cc1. The van der Waals surface area contributed by atoms with E-state index in [1.54, 1.807) is 0 Å². The summed E-state index contributed by atoms with van der Waals surface area (Å²) < 4.78 is 13.0. The Labute approximate surface area is 131 Å². The second-order valence-electron chi connectivity index (χ2n) is 6.27. The van der Waals surface area contributed by atoms with Crippen molar-refractivity contribution in [2.75, 3.05) is 0 Å². The molecule has 0 heterocycles. The fourth-order valence-electron chi connectivity index (χ4n) is 3.04. The molecule has 0 radical (unpaired) electrons. The second kappa shape index (κ2) is 6.73. The minimum Gasteiger partial charge on any atom is -0.360 e. The highest BCUT2D eigenvalue weighted by atomic mass is 32.1. The van der Waals surface area contributed by atoms with E-state index in [0.717, 1.165) is 17.2 Å². The van der Waals surface area contributed by atoms with Crippen molar-refractivity contribution in [3.05, 3.63) is 35.6 Å². The van der Waals surface area contributed by atoms with Crippen LogP contribution in [0, 0.1) is 5.82 Å². The van der Waals surface area contributed by atoms with E-state index in [1.807, 2.05) is 12.1 Å². The molecule has 0 saturated heterocycles. The molecule has 1 aromatic carbocycles. The Balaban J connectivity index is 1.60. The topological polar surface area (TPSA) is 15.3 Å². The molecule has 2 fully saturated rings. The van der Waals surface area contributed by atoms with E-state index in [-0.39, 0.29) is 5.82 Å². The third-order valence-corrected chi connectivity index (χ3v) is 4.80. The number of hydrogen-bond acceptors (Lipinski definition) is 1. The highest BCUT2D eigenvalue weighted by Gasteiger charge is 2.31. The first-order valence-electron chi connectivity index (χ1n) is 8.04. The van der Waals surface area contributed by atoms with Gasteiger partial charge in [0.25, 0.3) is 0 Å². The number of benzene rings is 1. The first kappa shape index (κ1) is 14.8. The van der Waals surface area contributed by atoms with Crippen LogP contribution in [0.2, 0.25) is 0 Å². The number of nitrogens with zero attached hydrogens (tertiary/aromatic N) is 1. The van der Waals surface area contributed by atoms with Crippen LogP contribution < -0.4 is 5.32 Å². The molecule has 1 N–H and O–H groups in total. The third-order valence-electron chi connectivity index (χ3n) is 4.45. The molecular weight excluding hydrogens is 283 g/mol. The number of nitrogens with one attached hydrogen (secondary N) is 1. The van der Waals surface area contributed by atoms with Gasteiger partial charge in [-0.2, -0.15) is 0 Å². The maximum atomic E-state index is 13.0. The van der Waals surface area contributed by atoms with Crippen molar-refractivity contribution in [2.24, 2.45) is 0 Å². The van der Waals surface area contributed by atoms with Gasteiger partial charge in [0, 0.05) is 18.6 Å². The zero-order valence-electron chi connectivity index (χ0n) is 12.4. The predicted octanol–water partition coefficient (Wildman–Crippen LogP) is 4.00. The molecule has 2 aliphatic rings. The molecule has 21 heavy (non-hydrogen) atoms. The zero-order chi connectivity index (χ0) is 14.7. The smallest absolute Gasteiger partial charge is 0.169 e. The van der Waals surface area contributed by atoms with E-state index in [4.69, 9.17) is 12.2 Å². The van der Waals surface area contributed by atoms with Gasteiger partial charge in [-0.25, -0.2) is 4.39 Å². The maximum Gasteiger partial charge on any atom is 0.169 e. The van der Waals surface area contributed by atoms with Crippen LogP contribution in [0.3, 0.4) is 0 Å². The molecule has 0 aliphatic heterocycles. The lowest BCUT2D eigenvalue weighted by Gasteiger charge is -2.31. The summed E-state index contributed by atoms with van der Waals surface area (Å²) in [6.45, 7) is 0.781. The Morgan fingerprint density at radius 1 is 1.10 bits per heavy atom. The van der Waals surface area contributed by atoms with E-state index in [9.17, 15) is 4.39 Å². The van der Waals surface area contributed by atoms with E-state index in [1.165, 1.54) is 57.1 Å². The zero-order valence-corrected chi connectivity index (χ0v) is 13.2. The van der Waals surface area contributed by atoms with Gasteiger partial charge < -0.3 is 10.2 Å². The Morgan fingerprint density at radius 3 is 2.38 bits per heavy atom. The molecule has 2 nitrogen and oxygen atoms in total. The molecule has 4 heteroatoms. The fourth-order valence-corrected chi connectivity index (χ4v) is 3.42. The average molecular weight is 306 g/mol. The van der Waals surface area contributed by atoms with Gasteiger partial charge in [0.05, 0.1) is 0 Å². The van der Waals surface area contributed by atoms with Crippen LogP contribution in [0.4, 0.5) is 4.39 Å². The first-order valence-corrected chi connectivity index (χ1v) is 8.45. The van der Waals surface area contributed by atoms with E-state index in [2.05, 4.69) is 10.2 Å². The van der Waals surface area contributed by atoms with Gasteiger partial charge >= 0.3 is 0 Å². The monoisotopic (exact) mass is 306 g/mol. The van der Waals surface area contributed by atoms with Gasteiger partial charge in [0.15, 0.2) is 5.11 Å². The highest BCUT2D eigenvalue weighted by Crippen LogP contribution is 2.29. The van der Waals surface area contributed by atoms with Crippen LogP contribution in [0.5, 0.6) is 0 Å². The van der Waals surface area contributed by atoms with Crippen molar-refractivity contribution in [1.29, 1.82) is 0 Å². The minimum absolute atomic E-state index is 0.181. The Morgan fingerprint density at radius 2 is 1.76 bits per heavy atom. The summed E-state index contributed by atoms with van der Waals surface area (Å²) in [4.78, 5) is 2.29. The normalized spacial score (nSPS) is 19.3. The molecule has 0 unspecified atom stereocenters. The standard InChI is InChI=1S/C17H23FN2S/c18-14-8-6-13(7-9-14)12-20(16-10-11-16)17(21)19-15-4-2-1-3-5-15/h6-9,15-16H,1-5,10-12H2,(H,19,21). The fraction of sp³-hybridized carbons (Fsp3) is 0.588. The lowest BCUT2D eigenvalue weighted by Crippen LogP contribution is -2.45. The van der Waals surface area contributed by atoms with Gasteiger partial charge in [-0.3, -0.25) is 0 Å². The summed E-state index contributed by atoms with van der Waals surface area (Å²) in [5.74, 6) is -0.181. The number of halogens is 1. The molecule has 2 aliphatic carbocycles. The van der Waals surface area contributed by atoms with Gasteiger partial charge in [-0.15, -0.1) is 0 Å². The maximum absolute atomic E-state index is 13.0. The van der Waals surface area contributed by atoms with E-state index < -0.39 is 0 Å². The van der Waals surface area contributed by atoms with Crippen molar-refractivity contribution in [3.63, 3.8) is 0 Å². The van der Waals surface area contributed by atoms with Gasteiger partial charge in [-0.1, -0.05) is 31.4 Å². The van der Waals surface area contributed by atoms with Crippen molar-refractivity contribution < 1.29 is 4.39 Å². The molecule has 0 aromatic heterocycles. The molecule has 3 rings (SSSR count). The molecular formula is C17H23FN2S. The van der Waals surface area contributed by atoms with Crippen LogP contribution in [-0.4, -0.2) is 22.1 Å². The largest absolute Gasteiger partial charge is 0.360 e. The Hall–Kier alpha value is -1.16. The van der Waals surface area contributed by atoms with Crippen LogP contribution >= 0.6 is 12.2 Å². The summed E-state index contributed by atoms with van der Waals surface area (Å²) in [6.07, 6.45) is 8.86. The summed E-state index contributed by atoms with van der Waals surface area (Å²) in [7, 11) is 0.